The maximum absolute atomic E-state index is 12.5. The van der Waals surface area contributed by atoms with Crippen molar-refractivity contribution in [1.82, 2.24) is 14.9 Å². The van der Waals surface area contributed by atoms with Crippen LogP contribution in [0.15, 0.2) is 29.6 Å². The first-order valence-corrected chi connectivity index (χ1v) is 9.51. The van der Waals surface area contributed by atoms with Crippen molar-refractivity contribution in [2.24, 2.45) is 7.05 Å². The summed E-state index contributed by atoms with van der Waals surface area (Å²) >= 11 is 1.45. The summed E-state index contributed by atoms with van der Waals surface area (Å²) in [6.45, 7) is 2.34. The molecule has 1 aromatic carbocycles. The standard InChI is InChI=1S/C20H23N3O4S/c1-12-6-7-15(23(12)2)20-22-14(11-28-20)19(24)21-10-13-8-16(25-3)18(27-5)17(9-13)26-4/h6-9,11H,10H2,1-5H3,(H,21,24). The third-order valence-corrected chi connectivity index (χ3v) is 5.37. The van der Waals surface area contributed by atoms with Crippen molar-refractivity contribution in [1.29, 1.82) is 0 Å². The molecule has 0 aliphatic heterocycles. The van der Waals surface area contributed by atoms with Crippen LogP contribution in [-0.2, 0) is 13.6 Å². The lowest BCUT2D eigenvalue weighted by atomic mass is 10.1. The van der Waals surface area contributed by atoms with Crippen molar-refractivity contribution in [3.63, 3.8) is 0 Å². The van der Waals surface area contributed by atoms with Gasteiger partial charge in [-0.05, 0) is 36.8 Å². The van der Waals surface area contributed by atoms with Gasteiger partial charge in [-0.2, -0.15) is 0 Å². The molecule has 0 aliphatic rings. The lowest BCUT2D eigenvalue weighted by Gasteiger charge is -2.14. The van der Waals surface area contributed by atoms with E-state index in [1.807, 2.05) is 26.1 Å². The minimum atomic E-state index is -0.234. The number of thiazole rings is 1. The van der Waals surface area contributed by atoms with E-state index in [1.165, 1.54) is 11.3 Å². The molecule has 7 nitrogen and oxygen atoms in total. The molecule has 0 radical (unpaired) electrons. The molecule has 0 atom stereocenters. The number of methoxy groups -OCH3 is 3. The molecular formula is C20H23N3O4S. The quantitative estimate of drug-likeness (QED) is 0.657. The van der Waals surface area contributed by atoms with E-state index in [4.69, 9.17) is 14.2 Å². The van der Waals surface area contributed by atoms with E-state index in [1.54, 1.807) is 38.8 Å². The van der Waals surface area contributed by atoms with E-state index in [2.05, 4.69) is 14.9 Å². The summed E-state index contributed by atoms with van der Waals surface area (Å²) in [6.07, 6.45) is 0. The minimum Gasteiger partial charge on any atom is -0.493 e. The van der Waals surface area contributed by atoms with Crippen molar-refractivity contribution in [2.75, 3.05) is 21.3 Å². The number of nitrogens with one attached hydrogen (secondary N) is 1. The third-order valence-electron chi connectivity index (χ3n) is 4.51. The van der Waals surface area contributed by atoms with Gasteiger partial charge < -0.3 is 24.1 Å². The highest BCUT2D eigenvalue weighted by molar-refractivity contribution is 7.13. The molecule has 2 aromatic heterocycles. The molecule has 1 N–H and O–H groups in total. The number of aromatic nitrogens is 2. The van der Waals surface area contributed by atoms with Gasteiger partial charge in [0, 0.05) is 24.7 Å². The van der Waals surface area contributed by atoms with Gasteiger partial charge >= 0.3 is 0 Å². The fourth-order valence-corrected chi connectivity index (χ4v) is 3.69. The van der Waals surface area contributed by atoms with Crippen LogP contribution in [0.5, 0.6) is 17.2 Å². The normalized spacial score (nSPS) is 10.6. The van der Waals surface area contributed by atoms with Crippen LogP contribution < -0.4 is 19.5 Å². The number of amides is 1. The molecule has 3 aromatic rings. The van der Waals surface area contributed by atoms with Crippen LogP contribution in [0.2, 0.25) is 0 Å². The van der Waals surface area contributed by atoms with E-state index < -0.39 is 0 Å². The van der Waals surface area contributed by atoms with Crippen LogP contribution >= 0.6 is 11.3 Å². The predicted molar refractivity (Wildman–Crippen MR) is 109 cm³/mol. The number of rotatable bonds is 7. The first-order chi connectivity index (χ1) is 13.5. The SMILES string of the molecule is COc1cc(CNC(=O)c2csc(-c3ccc(C)n3C)n2)cc(OC)c1OC. The van der Waals surface area contributed by atoms with Gasteiger partial charge in [0.2, 0.25) is 5.75 Å². The molecule has 2 heterocycles. The molecule has 3 rings (SSSR count). The molecule has 0 bridgehead atoms. The van der Waals surface area contributed by atoms with E-state index in [9.17, 15) is 4.79 Å². The first kappa shape index (κ1) is 19.8. The number of aryl methyl sites for hydroxylation is 1. The highest BCUT2D eigenvalue weighted by atomic mass is 32.1. The fraction of sp³-hybridized carbons (Fsp3) is 0.300. The Labute approximate surface area is 167 Å². The van der Waals surface area contributed by atoms with Gasteiger partial charge in [-0.3, -0.25) is 4.79 Å². The topological polar surface area (TPSA) is 74.6 Å². The van der Waals surface area contributed by atoms with Gasteiger partial charge in [-0.25, -0.2) is 4.98 Å². The third kappa shape index (κ3) is 3.82. The molecule has 148 valence electrons. The monoisotopic (exact) mass is 401 g/mol. The number of benzene rings is 1. The summed E-state index contributed by atoms with van der Waals surface area (Å²) in [5.74, 6) is 1.37. The number of nitrogens with zero attached hydrogens (tertiary/aromatic N) is 2. The Kier molecular flexibility index (Phi) is 5.89. The van der Waals surface area contributed by atoms with Crippen molar-refractivity contribution in [2.45, 2.75) is 13.5 Å². The second kappa shape index (κ2) is 8.35. The summed E-state index contributed by atoms with van der Waals surface area (Å²) in [7, 11) is 6.65. The number of carbonyl (C=O) groups excluding carboxylic acids is 1. The molecule has 28 heavy (non-hydrogen) atoms. The fourth-order valence-electron chi connectivity index (χ4n) is 2.83. The average Bonchev–Trinajstić information content (AvgIpc) is 3.32. The summed E-state index contributed by atoms with van der Waals surface area (Å²) in [5, 5.41) is 5.47. The van der Waals surface area contributed by atoms with Gasteiger partial charge in [0.05, 0.1) is 27.0 Å². The van der Waals surface area contributed by atoms with E-state index in [0.29, 0.717) is 29.5 Å². The van der Waals surface area contributed by atoms with E-state index in [0.717, 1.165) is 22.0 Å². The zero-order valence-corrected chi connectivity index (χ0v) is 17.3. The van der Waals surface area contributed by atoms with Crippen LogP contribution in [0.1, 0.15) is 21.7 Å². The number of ether oxygens (including phenoxy) is 3. The van der Waals surface area contributed by atoms with E-state index >= 15 is 0 Å². The Bertz CT molecular complexity index is 968. The maximum Gasteiger partial charge on any atom is 0.271 e. The second-order valence-electron chi connectivity index (χ2n) is 6.17. The molecule has 8 heteroatoms. The number of carbonyl (C=O) groups is 1. The predicted octanol–water partition coefficient (Wildman–Crippen LogP) is 3.41. The highest BCUT2D eigenvalue weighted by Crippen LogP contribution is 2.38. The van der Waals surface area contributed by atoms with Gasteiger partial charge in [0.1, 0.15) is 10.7 Å². The minimum absolute atomic E-state index is 0.234. The number of hydrogen-bond donors (Lipinski definition) is 1. The Morgan fingerprint density at radius 1 is 1.14 bits per heavy atom. The molecule has 0 aliphatic carbocycles. The van der Waals surface area contributed by atoms with Crippen LogP contribution in [0.3, 0.4) is 0 Å². The van der Waals surface area contributed by atoms with Gasteiger partial charge in [-0.15, -0.1) is 11.3 Å². The Hall–Kier alpha value is -3.00. The summed E-state index contributed by atoms with van der Waals surface area (Å²) in [4.78, 5) is 17.0. The largest absolute Gasteiger partial charge is 0.493 e. The van der Waals surface area contributed by atoms with Crippen molar-refractivity contribution < 1.29 is 19.0 Å². The van der Waals surface area contributed by atoms with Crippen LogP contribution in [0.4, 0.5) is 0 Å². The van der Waals surface area contributed by atoms with Crippen molar-refractivity contribution in [3.05, 3.63) is 46.6 Å². The molecule has 0 fully saturated rings. The van der Waals surface area contributed by atoms with Crippen LogP contribution in [0, 0.1) is 6.92 Å². The summed E-state index contributed by atoms with van der Waals surface area (Å²) in [5.41, 5.74) is 3.35. The maximum atomic E-state index is 12.5. The molecule has 0 unspecified atom stereocenters. The molecule has 0 saturated heterocycles. The van der Waals surface area contributed by atoms with Crippen LogP contribution in [0.25, 0.3) is 10.7 Å². The average molecular weight is 401 g/mol. The smallest absolute Gasteiger partial charge is 0.271 e. The zero-order valence-electron chi connectivity index (χ0n) is 16.5. The lowest BCUT2D eigenvalue weighted by molar-refractivity contribution is 0.0946. The van der Waals surface area contributed by atoms with Gasteiger partial charge in [0.15, 0.2) is 11.5 Å². The van der Waals surface area contributed by atoms with Gasteiger partial charge in [0.25, 0.3) is 5.91 Å². The Balaban J connectivity index is 1.73. The summed E-state index contributed by atoms with van der Waals surface area (Å²) in [6, 6.07) is 7.65. The highest BCUT2D eigenvalue weighted by Gasteiger charge is 2.16. The van der Waals surface area contributed by atoms with Crippen LogP contribution in [-0.4, -0.2) is 36.8 Å². The molecule has 1 amide bonds. The molecule has 0 saturated carbocycles. The van der Waals surface area contributed by atoms with E-state index in [-0.39, 0.29) is 5.91 Å². The first-order valence-electron chi connectivity index (χ1n) is 8.63. The summed E-state index contributed by atoms with van der Waals surface area (Å²) < 4.78 is 18.1. The van der Waals surface area contributed by atoms with Gasteiger partial charge in [-0.1, -0.05) is 0 Å². The van der Waals surface area contributed by atoms with Crippen molar-refractivity contribution >= 4 is 17.2 Å². The second-order valence-corrected chi connectivity index (χ2v) is 7.03. The Morgan fingerprint density at radius 3 is 2.36 bits per heavy atom. The lowest BCUT2D eigenvalue weighted by Crippen LogP contribution is -2.23. The molecular weight excluding hydrogens is 378 g/mol. The van der Waals surface area contributed by atoms with Crippen molar-refractivity contribution in [3.8, 4) is 28.0 Å². The molecule has 0 spiro atoms. The number of hydrogen-bond acceptors (Lipinski definition) is 6. The Morgan fingerprint density at radius 2 is 1.82 bits per heavy atom. The zero-order chi connectivity index (χ0) is 20.3.